The van der Waals surface area contributed by atoms with Crippen LogP contribution in [0.25, 0.3) is 0 Å². The first-order chi connectivity index (χ1) is 9.26. The lowest BCUT2D eigenvalue weighted by Gasteiger charge is -2.21. The monoisotopic (exact) mass is 260 g/mol. The first kappa shape index (κ1) is 12.8. The van der Waals surface area contributed by atoms with E-state index in [0.717, 1.165) is 30.5 Å². The predicted molar refractivity (Wildman–Crippen MR) is 74.1 cm³/mol. The molecule has 3 rings (SSSR count). The van der Waals surface area contributed by atoms with E-state index in [-0.39, 0.29) is 0 Å². The number of aliphatic hydroxyl groups is 1. The molecule has 1 saturated heterocycles. The molecule has 1 aliphatic heterocycles. The maximum absolute atomic E-state index is 10.4. The summed E-state index contributed by atoms with van der Waals surface area (Å²) in [5.74, 6) is 1.71. The molecule has 0 bridgehead atoms. The Morgan fingerprint density at radius 1 is 1.21 bits per heavy atom. The smallest absolute Gasteiger partial charge is 0.108 e. The van der Waals surface area contributed by atoms with E-state index in [0.29, 0.717) is 12.2 Å². The quantitative estimate of drug-likeness (QED) is 0.847. The highest BCUT2D eigenvalue weighted by Crippen LogP contribution is 2.38. The highest BCUT2D eigenvalue weighted by molar-refractivity contribution is 5.39. The zero-order valence-electron chi connectivity index (χ0n) is 11.0. The zero-order chi connectivity index (χ0) is 13.2. The van der Waals surface area contributed by atoms with Gasteiger partial charge in [-0.25, -0.2) is 0 Å². The Labute approximate surface area is 113 Å². The Kier molecular flexibility index (Phi) is 3.62. The molecule has 1 unspecified atom stereocenters. The molecule has 1 aromatic rings. The van der Waals surface area contributed by atoms with Gasteiger partial charge in [-0.15, -0.1) is 4.91 Å². The van der Waals surface area contributed by atoms with Crippen molar-refractivity contribution in [3.05, 3.63) is 34.7 Å². The van der Waals surface area contributed by atoms with E-state index in [2.05, 4.69) is 10.1 Å². The van der Waals surface area contributed by atoms with Gasteiger partial charge >= 0.3 is 0 Å². The van der Waals surface area contributed by atoms with Crippen molar-refractivity contribution in [2.24, 2.45) is 17.0 Å². The summed E-state index contributed by atoms with van der Waals surface area (Å²) in [4.78, 5) is 12.7. The first-order valence-corrected chi connectivity index (χ1v) is 7.10. The molecule has 0 aromatic heterocycles. The molecule has 19 heavy (non-hydrogen) atoms. The van der Waals surface area contributed by atoms with Crippen LogP contribution in [0.1, 0.15) is 30.9 Å². The van der Waals surface area contributed by atoms with Crippen molar-refractivity contribution in [1.29, 1.82) is 0 Å². The molecule has 4 heteroatoms. The second-order valence-corrected chi connectivity index (χ2v) is 5.87. The Balaban J connectivity index is 1.58. The van der Waals surface area contributed by atoms with Gasteiger partial charge in [0, 0.05) is 19.6 Å². The van der Waals surface area contributed by atoms with Crippen molar-refractivity contribution in [2.75, 3.05) is 19.6 Å². The third-order valence-electron chi connectivity index (χ3n) is 4.62. The van der Waals surface area contributed by atoms with Gasteiger partial charge in [-0.3, -0.25) is 4.90 Å². The fourth-order valence-corrected chi connectivity index (χ4v) is 3.59. The normalized spacial score (nSPS) is 28.3. The number of β-amino-alcohol motifs (C(OH)–C–C–N with tert-alkyl or cyclic N) is 1. The average molecular weight is 260 g/mol. The molecule has 1 N–H and O–H groups in total. The minimum Gasteiger partial charge on any atom is -0.387 e. The summed E-state index contributed by atoms with van der Waals surface area (Å²) in [7, 11) is 0. The van der Waals surface area contributed by atoms with Crippen molar-refractivity contribution in [3.8, 4) is 0 Å². The van der Waals surface area contributed by atoms with E-state index in [9.17, 15) is 10.0 Å². The minimum absolute atomic E-state index is 0.409. The summed E-state index contributed by atoms with van der Waals surface area (Å²) < 4.78 is 0. The molecule has 102 valence electrons. The molecular formula is C15H20N2O2. The molecular weight excluding hydrogens is 240 g/mol. The lowest BCUT2D eigenvalue weighted by atomic mass is 10.0. The number of hydrogen-bond acceptors (Lipinski definition) is 4. The molecule has 1 heterocycles. The number of nitrogens with zero attached hydrogens (tertiary/aromatic N) is 2. The fraction of sp³-hybridized carbons (Fsp3) is 0.600. The molecule has 1 saturated carbocycles. The molecule has 0 amide bonds. The van der Waals surface area contributed by atoms with Crippen molar-refractivity contribution in [2.45, 2.75) is 25.4 Å². The second-order valence-electron chi connectivity index (χ2n) is 5.87. The topological polar surface area (TPSA) is 52.9 Å². The summed E-state index contributed by atoms with van der Waals surface area (Å²) >= 11 is 0. The van der Waals surface area contributed by atoms with Crippen molar-refractivity contribution in [1.82, 2.24) is 4.90 Å². The number of aliphatic hydroxyl groups excluding tert-OH is 1. The van der Waals surface area contributed by atoms with Crippen LogP contribution in [0.3, 0.4) is 0 Å². The SMILES string of the molecule is O=Nc1ccc(C(O)CN2C[C@H]3CCC[C@H]3C2)cc1. The summed E-state index contributed by atoms with van der Waals surface area (Å²) in [5.41, 5.74) is 1.27. The van der Waals surface area contributed by atoms with Gasteiger partial charge in [-0.05, 0) is 47.6 Å². The van der Waals surface area contributed by atoms with E-state index in [1.807, 2.05) is 0 Å². The number of nitroso groups, excluding NO2 is 1. The lowest BCUT2D eigenvalue weighted by molar-refractivity contribution is 0.122. The van der Waals surface area contributed by atoms with Crippen LogP contribution in [0.2, 0.25) is 0 Å². The van der Waals surface area contributed by atoms with Gasteiger partial charge in [-0.2, -0.15) is 0 Å². The van der Waals surface area contributed by atoms with E-state index < -0.39 is 6.10 Å². The molecule has 2 aliphatic rings. The van der Waals surface area contributed by atoms with Crippen LogP contribution in [0.5, 0.6) is 0 Å². The number of benzene rings is 1. The second kappa shape index (κ2) is 5.39. The van der Waals surface area contributed by atoms with Gasteiger partial charge in [0.1, 0.15) is 5.69 Å². The zero-order valence-corrected chi connectivity index (χ0v) is 11.0. The van der Waals surface area contributed by atoms with Gasteiger partial charge in [0.25, 0.3) is 0 Å². The molecule has 1 aliphatic carbocycles. The number of likely N-dealkylation sites (tertiary alicyclic amines) is 1. The minimum atomic E-state index is -0.473. The van der Waals surface area contributed by atoms with Gasteiger partial charge < -0.3 is 5.11 Å². The van der Waals surface area contributed by atoms with Crippen LogP contribution in [-0.2, 0) is 0 Å². The summed E-state index contributed by atoms with van der Waals surface area (Å²) in [5, 5.41) is 13.1. The van der Waals surface area contributed by atoms with Gasteiger partial charge in [0.2, 0.25) is 0 Å². The Bertz CT molecular complexity index is 434. The fourth-order valence-electron chi connectivity index (χ4n) is 3.59. The number of rotatable bonds is 4. The predicted octanol–water partition coefficient (Wildman–Crippen LogP) is 2.85. The molecule has 4 nitrogen and oxygen atoms in total. The van der Waals surface area contributed by atoms with Crippen molar-refractivity contribution >= 4 is 5.69 Å². The third kappa shape index (κ3) is 2.69. The van der Waals surface area contributed by atoms with E-state index in [1.54, 1.807) is 24.3 Å². The molecule has 1 aromatic carbocycles. The molecule has 0 spiro atoms. The summed E-state index contributed by atoms with van der Waals surface area (Å²) in [6.07, 6.45) is 3.62. The van der Waals surface area contributed by atoms with Gasteiger partial charge in [0.15, 0.2) is 0 Å². The first-order valence-electron chi connectivity index (χ1n) is 7.10. The van der Waals surface area contributed by atoms with Crippen LogP contribution in [0, 0.1) is 16.7 Å². The summed E-state index contributed by atoms with van der Waals surface area (Å²) in [6, 6.07) is 6.89. The van der Waals surface area contributed by atoms with Gasteiger partial charge in [0.05, 0.1) is 6.10 Å². The molecule has 2 fully saturated rings. The maximum Gasteiger partial charge on any atom is 0.108 e. The van der Waals surface area contributed by atoms with Crippen molar-refractivity contribution in [3.63, 3.8) is 0 Å². The average Bonchev–Trinajstić information content (AvgIpc) is 2.99. The summed E-state index contributed by atoms with van der Waals surface area (Å²) in [6.45, 7) is 2.96. The van der Waals surface area contributed by atoms with Crippen molar-refractivity contribution < 1.29 is 5.11 Å². The maximum atomic E-state index is 10.4. The number of hydrogen-bond donors (Lipinski definition) is 1. The van der Waals surface area contributed by atoms with Crippen LogP contribution in [0.4, 0.5) is 5.69 Å². The Morgan fingerprint density at radius 3 is 2.42 bits per heavy atom. The van der Waals surface area contributed by atoms with Crippen LogP contribution in [0.15, 0.2) is 29.4 Å². The van der Waals surface area contributed by atoms with Crippen LogP contribution < -0.4 is 0 Å². The molecule has 0 radical (unpaired) electrons. The van der Waals surface area contributed by atoms with E-state index >= 15 is 0 Å². The van der Waals surface area contributed by atoms with Crippen LogP contribution >= 0.6 is 0 Å². The largest absolute Gasteiger partial charge is 0.387 e. The number of fused-ring (bicyclic) bond motifs is 1. The Hall–Kier alpha value is -1.26. The highest BCUT2D eigenvalue weighted by atomic mass is 16.3. The van der Waals surface area contributed by atoms with Crippen LogP contribution in [-0.4, -0.2) is 29.6 Å². The third-order valence-corrected chi connectivity index (χ3v) is 4.62. The standard InChI is InChI=1S/C15H20N2O2/c18-15(11-4-6-14(16-19)7-5-11)10-17-8-12-2-1-3-13(12)9-17/h4-7,12-13,15,18H,1-3,8-10H2/t12-,13+,15?. The Morgan fingerprint density at radius 2 is 1.84 bits per heavy atom. The van der Waals surface area contributed by atoms with E-state index in [1.165, 1.54) is 19.3 Å². The van der Waals surface area contributed by atoms with Gasteiger partial charge in [-0.1, -0.05) is 18.6 Å². The van der Waals surface area contributed by atoms with E-state index in [4.69, 9.17) is 0 Å². The highest BCUT2D eigenvalue weighted by Gasteiger charge is 2.36. The molecule has 3 atom stereocenters. The lowest BCUT2D eigenvalue weighted by Crippen LogP contribution is -2.27.